The number of rotatable bonds is 9. The van der Waals surface area contributed by atoms with Crippen LogP contribution in [0.3, 0.4) is 0 Å². The number of hydrogen-bond donors (Lipinski definition) is 1. The number of anilines is 2. The van der Waals surface area contributed by atoms with Crippen LogP contribution in [-0.4, -0.2) is 48.0 Å². The first-order chi connectivity index (χ1) is 18.5. The van der Waals surface area contributed by atoms with Gasteiger partial charge in [-0.1, -0.05) is 12.8 Å². The van der Waals surface area contributed by atoms with Crippen molar-refractivity contribution in [1.82, 2.24) is 14.8 Å². The fourth-order valence-corrected chi connectivity index (χ4v) is 5.80. The Kier molecular flexibility index (Phi) is 8.15. The van der Waals surface area contributed by atoms with E-state index in [1.807, 2.05) is 25.1 Å². The lowest BCUT2D eigenvalue weighted by atomic mass is 9.90. The van der Waals surface area contributed by atoms with E-state index in [2.05, 4.69) is 37.1 Å². The van der Waals surface area contributed by atoms with Crippen LogP contribution < -0.4 is 19.7 Å². The fraction of sp³-hybridized carbons (Fsp3) is 0.500. The Morgan fingerprint density at radius 3 is 2.34 bits per heavy atom. The number of nitrogens with zero attached hydrogens (tertiary/aromatic N) is 4. The summed E-state index contributed by atoms with van der Waals surface area (Å²) in [5.41, 5.74) is 3.61. The van der Waals surface area contributed by atoms with Gasteiger partial charge in [-0.05, 0) is 81.2 Å². The molecule has 3 aromatic rings. The topological polar surface area (TPSA) is 81.5 Å². The summed E-state index contributed by atoms with van der Waals surface area (Å²) in [5.74, 6) is 3.15. The molecule has 1 amide bonds. The number of benzene rings is 1. The van der Waals surface area contributed by atoms with Crippen LogP contribution in [0.1, 0.15) is 72.6 Å². The molecule has 8 heteroatoms. The average molecular weight is 518 g/mol. The molecule has 0 unspecified atom stereocenters. The molecule has 1 saturated heterocycles. The minimum Gasteiger partial charge on any atom is -0.497 e. The Labute approximate surface area is 225 Å². The number of carbonyl (C=O) groups excluding carboxylic acids is 1. The first-order valence-electron chi connectivity index (χ1n) is 13.8. The molecule has 2 fully saturated rings. The standard InChI is InChI=1S/C30H39N5O3/c1-21-28(20-32-35(21)25-6-4-5-7-25)33-30(36)24-10-11-29(31-19-24)34-14-12-22(13-15-34)8-9-23-16-26(37-2)18-27(17-23)38-3/h10-11,16-20,22,25H,4-9,12-15H2,1-3H3,(H,33,36). The molecule has 3 heterocycles. The second-order valence-corrected chi connectivity index (χ2v) is 10.6. The lowest BCUT2D eigenvalue weighted by Crippen LogP contribution is -2.34. The molecule has 1 aromatic carbocycles. The smallest absolute Gasteiger partial charge is 0.257 e. The molecule has 2 aromatic heterocycles. The molecule has 1 N–H and O–H groups in total. The largest absolute Gasteiger partial charge is 0.497 e. The Hall–Kier alpha value is -3.55. The molecule has 0 bridgehead atoms. The normalized spacial score (nSPS) is 16.6. The van der Waals surface area contributed by atoms with E-state index in [4.69, 9.17) is 9.47 Å². The highest BCUT2D eigenvalue weighted by atomic mass is 16.5. The summed E-state index contributed by atoms with van der Waals surface area (Å²) in [5, 5.41) is 7.57. The molecule has 0 atom stereocenters. The maximum absolute atomic E-state index is 12.9. The van der Waals surface area contributed by atoms with Crippen LogP contribution in [0.15, 0.2) is 42.7 Å². The zero-order chi connectivity index (χ0) is 26.5. The minimum atomic E-state index is -0.147. The zero-order valence-electron chi connectivity index (χ0n) is 22.8. The van der Waals surface area contributed by atoms with Gasteiger partial charge in [0.05, 0.1) is 43.4 Å². The van der Waals surface area contributed by atoms with Gasteiger partial charge in [-0.15, -0.1) is 0 Å². The van der Waals surface area contributed by atoms with Crippen LogP contribution in [-0.2, 0) is 6.42 Å². The summed E-state index contributed by atoms with van der Waals surface area (Å²) in [4.78, 5) is 19.8. The molecule has 1 aliphatic carbocycles. The van der Waals surface area contributed by atoms with Crippen molar-refractivity contribution < 1.29 is 14.3 Å². The van der Waals surface area contributed by atoms with Crippen molar-refractivity contribution in [3.05, 3.63) is 59.5 Å². The molecular formula is C30H39N5O3. The summed E-state index contributed by atoms with van der Waals surface area (Å²) in [6, 6.07) is 10.4. The first kappa shape index (κ1) is 26.1. The number of piperidine rings is 1. The van der Waals surface area contributed by atoms with E-state index >= 15 is 0 Å². The number of ether oxygens (including phenoxy) is 2. The van der Waals surface area contributed by atoms with Crippen LogP contribution in [0.25, 0.3) is 0 Å². The lowest BCUT2D eigenvalue weighted by molar-refractivity contribution is 0.102. The molecule has 8 nitrogen and oxygen atoms in total. The molecule has 0 spiro atoms. The Morgan fingerprint density at radius 1 is 1.00 bits per heavy atom. The van der Waals surface area contributed by atoms with Crippen molar-refractivity contribution in [2.75, 3.05) is 37.5 Å². The minimum absolute atomic E-state index is 0.147. The second kappa shape index (κ2) is 11.9. The maximum atomic E-state index is 12.9. The van der Waals surface area contributed by atoms with Gasteiger partial charge in [-0.25, -0.2) is 4.98 Å². The van der Waals surface area contributed by atoms with E-state index in [-0.39, 0.29) is 5.91 Å². The van der Waals surface area contributed by atoms with Crippen LogP contribution in [0.2, 0.25) is 0 Å². The van der Waals surface area contributed by atoms with Gasteiger partial charge >= 0.3 is 0 Å². The number of hydrogen-bond acceptors (Lipinski definition) is 6. The Balaban J connectivity index is 1.11. The van der Waals surface area contributed by atoms with Gasteiger partial charge in [-0.2, -0.15) is 5.10 Å². The van der Waals surface area contributed by atoms with E-state index in [0.29, 0.717) is 17.5 Å². The van der Waals surface area contributed by atoms with E-state index in [1.165, 1.54) is 18.4 Å². The van der Waals surface area contributed by atoms with E-state index < -0.39 is 0 Å². The van der Waals surface area contributed by atoms with Gasteiger partial charge in [0.25, 0.3) is 5.91 Å². The van der Waals surface area contributed by atoms with Crippen LogP contribution in [0.5, 0.6) is 11.5 Å². The second-order valence-electron chi connectivity index (χ2n) is 10.6. The summed E-state index contributed by atoms with van der Waals surface area (Å²) in [6.07, 6.45) is 12.7. The lowest BCUT2D eigenvalue weighted by Gasteiger charge is -2.33. The number of aryl methyl sites for hydroxylation is 1. The molecule has 1 aliphatic heterocycles. The average Bonchev–Trinajstić information content (AvgIpc) is 3.62. The summed E-state index contributed by atoms with van der Waals surface area (Å²) in [7, 11) is 3.38. The zero-order valence-corrected chi connectivity index (χ0v) is 22.8. The summed E-state index contributed by atoms with van der Waals surface area (Å²) in [6.45, 7) is 3.98. The van der Waals surface area contributed by atoms with Gasteiger partial charge in [0, 0.05) is 25.4 Å². The molecule has 5 rings (SSSR count). The third-order valence-corrected chi connectivity index (χ3v) is 8.16. The molecule has 0 radical (unpaired) electrons. The number of carbonyl (C=O) groups is 1. The van der Waals surface area contributed by atoms with E-state index in [9.17, 15) is 4.79 Å². The molecule has 2 aliphatic rings. The van der Waals surface area contributed by atoms with Gasteiger partial charge in [0.15, 0.2) is 0 Å². The molecule has 202 valence electrons. The molecule has 1 saturated carbocycles. The van der Waals surface area contributed by atoms with Crippen molar-refractivity contribution in [1.29, 1.82) is 0 Å². The van der Waals surface area contributed by atoms with E-state index in [0.717, 1.165) is 80.3 Å². The van der Waals surface area contributed by atoms with Gasteiger partial charge < -0.3 is 19.7 Å². The quantitative estimate of drug-likeness (QED) is 0.385. The van der Waals surface area contributed by atoms with Crippen LogP contribution in [0, 0.1) is 12.8 Å². The third kappa shape index (κ3) is 5.95. The van der Waals surface area contributed by atoms with Crippen molar-refractivity contribution in [3.8, 4) is 11.5 Å². The van der Waals surface area contributed by atoms with E-state index in [1.54, 1.807) is 26.6 Å². The number of nitrogens with one attached hydrogen (secondary N) is 1. The van der Waals surface area contributed by atoms with Crippen molar-refractivity contribution in [2.45, 2.75) is 64.3 Å². The Morgan fingerprint density at radius 2 is 1.71 bits per heavy atom. The van der Waals surface area contributed by atoms with Crippen molar-refractivity contribution >= 4 is 17.4 Å². The fourth-order valence-electron chi connectivity index (χ4n) is 5.80. The van der Waals surface area contributed by atoms with Crippen molar-refractivity contribution in [3.63, 3.8) is 0 Å². The monoisotopic (exact) mass is 517 g/mol. The predicted molar refractivity (Wildman–Crippen MR) is 149 cm³/mol. The van der Waals surface area contributed by atoms with Gasteiger partial charge in [0.1, 0.15) is 17.3 Å². The highest BCUT2D eigenvalue weighted by Gasteiger charge is 2.22. The number of aromatic nitrogens is 3. The highest BCUT2D eigenvalue weighted by Crippen LogP contribution is 2.32. The Bertz CT molecular complexity index is 1200. The third-order valence-electron chi connectivity index (χ3n) is 8.16. The van der Waals surface area contributed by atoms with Crippen LogP contribution >= 0.6 is 0 Å². The van der Waals surface area contributed by atoms with Gasteiger partial charge in [-0.3, -0.25) is 9.48 Å². The molecule has 38 heavy (non-hydrogen) atoms. The SMILES string of the molecule is COc1cc(CCC2CCN(c3ccc(C(=O)Nc4cnn(C5CCCC5)c4C)cn3)CC2)cc(OC)c1. The number of methoxy groups -OCH3 is 2. The molecular weight excluding hydrogens is 478 g/mol. The number of pyridine rings is 1. The highest BCUT2D eigenvalue weighted by molar-refractivity contribution is 6.04. The van der Waals surface area contributed by atoms with Crippen LogP contribution in [0.4, 0.5) is 11.5 Å². The van der Waals surface area contributed by atoms with Crippen molar-refractivity contribution in [2.24, 2.45) is 5.92 Å². The maximum Gasteiger partial charge on any atom is 0.257 e. The van der Waals surface area contributed by atoms with Gasteiger partial charge in [0.2, 0.25) is 0 Å². The first-order valence-corrected chi connectivity index (χ1v) is 13.8. The predicted octanol–water partition coefficient (Wildman–Crippen LogP) is 5.82. The summed E-state index contributed by atoms with van der Waals surface area (Å²) < 4.78 is 12.9. The number of amides is 1. The summed E-state index contributed by atoms with van der Waals surface area (Å²) >= 11 is 0.